The highest BCUT2D eigenvalue weighted by Gasteiger charge is 2.38. The normalized spacial score (nSPS) is 46.4. The quantitative estimate of drug-likeness (QED) is 0.529. The van der Waals surface area contributed by atoms with Crippen LogP contribution >= 0.6 is 0 Å². The minimum atomic E-state index is -0.892. The van der Waals surface area contributed by atoms with Gasteiger partial charge in [-0.05, 0) is 13.0 Å². The van der Waals surface area contributed by atoms with Gasteiger partial charge >= 0.3 is 0 Å². The van der Waals surface area contributed by atoms with Crippen LogP contribution in [0.1, 0.15) is 13.3 Å². The molecule has 0 aromatic heterocycles. The number of aliphatic hydroxyl groups is 2. The number of ether oxygens (including phenoxy) is 2. The molecule has 2 N–H and O–H groups in total. The average molecular weight is 172 g/mol. The van der Waals surface area contributed by atoms with E-state index in [-0.39, 0.29) is 18.6 Å². The van der Waals surface area contributed by atoms with Crippen LogP contribution in [0.3, 0.4) is 0 Å². The van der Waals surface area contributed by atoms with E-state index in [0.717, 1.165) is 0 Å². The summed E-state index contributed by atoms with van der Waals surface area (Å²) in [6.07, 6.45) is 0.0417. The summed E-state index contributed by atoms with van der Waals surface area (Å²) in [4.78, 5) is 0. The lowest BCUT2D eigenvalue weighted by molar-refractivity contribution is -0.163. The molecule has 0 aromatic carbocycles. The molecule has 4 atom stereocenters. The third kappa shape index (κ3) is 1.22. The van der Waals surface area contributed by atoms with Crippen molar-refractivity contribution in [3.63, 3.8) is 0 Å². The molecular weight excluding hydrogens is 160 g/mol. The standard InChI is InChI=1S/C8H12O4/c1-4-2-6-8(11-4)5(9)3-7(10)12-6/h2,4-5,7-10H,3H2,1H3/t4-,5-,7?,8-/m1/s1. The van der Waals surface area contributed by atoms with Crippen LogP contribution < -0.4 is 0 Å². The van der Waals surface area contributed by atoms with Crippen molar-refractivity contribution in [1.82, 2.24) is 0 Å². The first kappa shape index (κ1) is 8.04. The Morgan fingerprint density at radius 2 is 2.25 bits per heavy atom. The second-order valence-corrected chi connectivity index (χ2v) is 3.21. The van der Waals surface area contributed by atoms with E-state index in [2.05, 4.69) is 0 Å². The first-order chi connectivity index (χ1) is 5.66. The Bertz CT molecular complexity index is 213. The molecule has 12 heavy (non-hydrogen) atoms. The van der Waals surface area contributed by atoms with E-state index in [9.17, 15) is 5.11 Å². The van der Waals surface area contributed by atoms with Gasteiger partial charge in [0, 0.05) is 6.42 Å². The molecular formula is C8H12O4. The smallest absolute Gasteiger partial charge is 0.199 e. The van der Waals surface area contributed by atoms with Gasteiger partial charge in [0.05, 0.1) is 12.2 Å². The Balaban J connectivity index is 2.15. The number of fused-ring (bicyclic) bond motifs is 1. The van der Waals surface area contributed by atoms with Crippen LogP contribution in [0.4, 0.5) is 0 Å². The van der Waals surface area contributed by atoms with Crippen LogP contribution in [-0.4, -0.2) is 34.8 Å². The van der Waals surface area contributed by atoms with Gasteiger partial charge in [0.15, 0.2) is 6.29 Å². The molecule has 2 aliphatic rings. The van der Waals surface area contributed by atoms with E-state index in [1.165, 1.54) is 0 Å². The lowest BCUT2D eigenvalue weighted by atomic mass is 10.1. The summed E-state index contributed by atoms with van der Waals surface area (Å²) in [5, 5.41) is 18.6. The molecule has 0 amide bonds. The molecule has 2 rings (SSSR count). The Labute approximate surface area is 70.4 Å². The number of hydrogen-bond donors (Lipinski definition) is 2. The number of rotatable bonds is 0. The summed E-state index contributed by atoms with van der Waals surface area (Å²) >= 11 is 0. The van der Waals surface area contributed by atoms with E-state index in [4.69, 9.17) is 14.6 Å². The van der Waals surface area contributed by atoms with E-state index in [1.54, 1.807) is 6.08 Å². The molecule has 0 aliphatic carbocycles. The van der Waals surface area contributed by atoms with Crippen LogP contribution in [0.2, 0.25) is 0 Å². The van der Waals surface area contributed by atoms with Gasteiger partial charge in [0.1, 0.15) is 11.9 Å². The Morgan fingerprint density at radius 3 is 3.00 bits per heavy atom. The van der Waals surface area contributed by atoms with Gasteiger partial charge in [-0.15, -0.1) is 0 Å². The number of aliphatic hydroxyl groups excluding tert-OH is 2. The zero-order valence-electron chi connectivity index (χ0n) is 6.80. The molecule has 1 saturated heterocycles. The van der Waals surface area contributed by atoms with Crippen molar-refractivity contribution in [2.75, 3.05) is 0 Å². The fourth-order valence-electron chi connectivity index (χ4n) is 1.59. The van der Waals surface area contributed by atoms with Crippen molar-refractivity contribution in [1.29, 1.82) is 0 Å². The minimum Gasteiger partial charge on any atom is -0.467 e. The summed E-state index contributed by atoms with van der Waals surface area (Å²) in [7, 11) is 0. The molecule has 0 radical (unpaired) electrons. The van der Waals surface area contributed by atoms with Gasteiger partial charge < -0.3 is 19.7 Å². The Morgan fingerprint density at radius 1 is 1.50 bits per heavy atom. The largest absolute Gasteiger partial charge is 0.467 e. The van der Waals surface area contributed by atoms with Gasteiger partial charge in [0.2, 0.25) is 0 Å². The number of hydrogen-bond acceptors (Lipinski definition) is 4. The molecule has 68 valence electrons. The SMILES string of the molecule is C[C@@H]1C=C2OC(O)C[C@@H](O)[C@H]2O1. The highest BCUT2D eigenvalue weighted by atomic mass is 16.6. The first-order valence-electron chi connectivity index (χ1n) is 4.07. The summed E-state index contributed by atoms with van der Waals surface area (Å²) in [5.41, 5.74) is 0. The molecule has 2 heterocycles. The van der Waals surface area contributed by atoms with E-state index < -0.39 is 12.4 Å². The van der Waals surface area contributed by atoms with Gasteiger partial charge in [-0.3, -0.25) is 0 Å². The van der Waals surface area contributed by atoms with Gasteiger partial charge in [0.25, 0.3) is 0 Å². The zero-order valence-corrected chi connectivity index (χ0v) is 6.80. The highest BCUT2D eigenvalue weighted by Crippen LogP contribution is 2.30. The molecule has 4 nitrogen and oxygen atoms in total. The van der Waals surface area contributed by atoms with Crippen molar-refractivity contribution in [3.8, 4) is 0 Å². The summed E-state index contributed by atoms with van der Waals surface area (Å²) in [6, 6.07) is 0. The van der Waals surface area contributed by atoms with Gasteiger partial charge in [-0.25, -0.2) is 0 Å². The summed E-state index contributed by atoms with van der Waals surface area (Å²) in [5.74, 6) is 0.564. The van der Waals surface area contributed by atoms with Crippen molar-refractivity contribution < 1.29 is 19.7 Å². The van der Waals surface area contributed by atoms with E-state index in [0.29, 0.717) is 5.76 Å². The molecule has 4 heteroatoms. The Kier molecular flexibility index (Phi) is 1.83. The van der Waals surface area contributed by atoms with E-state index >= 15 is 0 Å². The predicted octanol–water partition coefficient (Wildman–Crippen LogP) is -0.243. The molecule has 0 spiro atoms. The molecule has 1 unspecified atom stereocenters. The van der Waals surface area contributed by atoms with Crippen LogP contribution in [-0.2, 0) is 9.47 Å². The Hall–Kier alpha value is -0.580. The summed E-state index contributed by atoms with van der Waals surface area (Å²) < 4.78 is 10.4. The maximum absolute atomic E-state index is 9.46. The molecule has 0 bridgehead atoms. The van der Waals surface area contributed by atoms with Crippen molar-refractivity contribution >= 4 is 0 Å². The summed E-state index contributed by atoms with van der Waals surface area (Å²) in [6.45, 7) is 1.87. The third-order valence-corrected chi connectivity index (χ3v) is 2.11. The van der Waals surface area contributed by atoms with Crippen molar-refractivity contribution in [2.45, 2.75) is 37.9 Å². The maximum Gasteiger partial charge on any atom is 0.199 e. The van der Waals surface area contributed by atoms with Crippen LogP contribution in [0, 0.1) is 0 Å². The highest BCUT2D eigenvalue weighted by molar-refractivity contribution is 5.13. The predicted molar refractivity (Wildman–Crippen MR) is 40.1 cm³/mol. The lowest BCUT2D eigenvalue weighted by Gasteiger charge is -2.30. The second-order valence-electron chi connectivity index (χ2n) is 3.21. The first-order valence-corrected chi connectivity index (χ1v) is 4.07. The molecule has 1 fully saturated rings. The minimum absolute atomic E-state index is 0.0371. The lowest BCUT2D eigenvalue weighted by Crippen LogP contribution is -2.39. The fraction of sp³-hybridized carbons (Fsp3) is 0.750. The van der Waals surface area contributed by atoms with Crippen LogP contribution in [0.25, 0.3) is 0 Å². The van der Waals surface area contributed by atoms with Crippen LogP contribution in [0.5, 0.6) is 0 Å². The van der Waals surface area contributed by atoms with Crippen molar-refractivity contribution in [2.24, 2.45) is 0 Å². The van der Waals surface area contributed by atoms with Gasteiger partial charge in [-0.1, -0.05) is 0 Å². The second kappa shape index (κ2) is 2.73. The topological polar surface area (TPSA) is 58.9 Å². The fourth-order valence-corrected chi connectivity index (χ4v) is 1.59. The molecule has 0 aromatic rings. The van der Waals surface area contributed by atoms with Crippen LogP contribution in [0.15, 0.2) is 11.8 Å². The van der Waals surface area contributed by atoms with Gasteiger partial charge in [-0.2, -0.15) is 0 Å². The molecule has 0 saturated carbocycles. The van der Waals surface area contributed by atoms with Crippen molar-refractivity contribution in [3.05, 3.63) is 11.8 Å². The third-order valence-electron chi connectivity index (χ3n) is 2.11. The monoisotopic (exact) mass is 172 g/mol. The maximum atomic E-state index is 9.46. The molecule has 2 aliphatic heterocycles. The average Bonchev–Trinajstić information content (AvgIpc) is 2.29. The zero-order chi connectivity index (χ0) is 8.72. The van der Waals surface area contributed by atoms with E-state index in [1.807, 2.05) is 6.92 Å².